The first-order chi connectivity index (χ1) is 4.54. The van der Waals surface area contributed by atoms with E-state index in [1.165, 1.54) is 0 Å². The van der Waals surface area contributed by atoms with E-state index < -0.39 is 18.0 Å². The van der Waals surface area contributed by atoms with Crippen LogP contribution in [-0.4, -0.2) is 28.2 Å². The zero-order chi connectivity index (χ0) is 8.15. The molecule has 0 aromatic heterocycles. The SMILES string of the molecule is N[C@@H](CCC(=O)O)C(=O)O.[H-].[H-].[K+].[K+]. The van der Waals surface area contributed by atoms with E-state index in [1.54, 1.807) is 0 Å². The Kier molecular flexibility index (Phi) is 18.5. The molecule has 0 radical (unpaired) electrons. The summed E-state index contributed by atoms with van der Waals surface area (Å²) in [5.74, 6) is -2.20. The van der Waals surface area contributed by atoms with Crippen molar-refractivity contribution >= 4 is 11.9 Å². The fourth-order valence-corrected chi connectivity index (χ4v) is 0.402. The molecule has 0 aliphatic heterocycles. The van der Waals surface area contributed by atoms with Crippen LogP contribution in [0.3, 0.4) is 0 Å². The molecule has 12 heavy (non-hydrogen) atoms. The van der Waals surface area contributed by atoms with Gasteiger partial charge in [0.25, 0.3) is 0 Å². The molecule has 0 fully saturated rings. The fourth-order valence-electron chi connectivity index (χ4n) is 0.402. The minimum absolute atomic E-state index is 0. The number of hydrogen-bond acceptors (Lipinski definition) is 3. The molecule has 4 N–H and O–H groups in total. The van der Waals surface area contributed by atoms with Crippen molar-refractivity contribution in [2.45, 2.75) is 18.9 Å². The summed E-state index contributed by atoms with van der Waals surface area (Å²) in [6.45, 7) is 0. The average Bonchev–Trinajstić information content (AvgIpc) is 1.82. The molecule has 0 amide bonds. The van der Waals surface area contributed by atoms with Crippen molar-refractivity contribution < 1.29 is 125 Å². The van der Waals surface area contributed by atoms with Gasteiger partial charge in [0.15, 0.2) is 0 Å². The Balaban J connectivity index is -0.0000000675. The number of carboxylic acids is 2. The normalized spacial score (nSPS) is 10.4. The van der Waals surface area contributed by atoms with Crippen LogP contribution in [0, 0.1) is 0 Å². The zero-order valence-corrected chi connectivity index (χ0v) is 13.5. The zero-order valence-electron chi connectivity index (χ0n) is 9.28. The largest absolute Gasteiger partial charge is 1.00 e. The molecule has 0 spiro atoms. The van der Waals surface area contributed by atoms with E-state index in [4.69, 9.17) is 15.9 Å². The molecule has 0 aromatic carbocycles. The minimum Gasteiger partial charge on any atom is -1.00 e. The predicted molar refractivity (Wildman–Crippen MR) is 34.7 cm³/mol. The molecule has 0 aromatic rings. The Bertz CT molecular complexity index is 161. The molecule has 0 aliphatic carbocycles. The van der Waals surface area contributed by atoms with Gasteiger partial charge in [-0.2, -0.15) is 0 Å². The minimum atomic E-state index is -1.17. The van der Waals surface area contributed by atoms with Crippen LogP contribution < -0.4 is 109 Å². The van der Waals surface area contributed by atoms with Gasteiger partial charge in [-0.25, -0.2) is 0 Å². The third-order valence-corrected chi connectivity index (χ3v) is 0.986. The van der Waals surface area contributed by atoms with Crippen molar-refractivity contribution in [2.75, 3.05) is 0 Å². The molecule has 0 bridgehead atoms. The van der Waals surface area contributed by atoms with Crippen LogP contribution in [0.15, 0.2) is 0 Å². The van der Waals surface area contributed by atoms with Gasteiger partial charge in [-0.1, -0.05) is 0 Å². The Morgan fingerprint density at radius 3 is 2.00 bits per heavy atom. The van der Waals surface area contributed by atoms with Crippen LogP contribution in [-0.2, 0) is 9.59 Å². The standard InChI is InChI=1S/C5H9NO4.2K.2H/c6-3(5(9)10)1-2-4(7)8;;;;/h3H,1-2,6H2,(H,7,8)(H,9,10);;;;/q;2*+1;2*-1/t3-;;;;/m0..../s1. The predicted octanol–water partition coefficient (Wildman–Crippen LogP) is -6.50. The monoisotopic (exact) mass is 227 g/mol. The summed E-state index contributed by atoms with van der Waals surface area (Å²) in [5.41, 5.74) is 5.00. The summed E-state index contributed by atoms with van der Waals surface area (Å²) < 4.78 is 0. The van der Waals surface area contributed by atoms with Gasteiger partial charge in [0, 0.05) is 6.42 Å². The summed E-state index contributed by atoms with van der Waals surface area (Å²) in [6.07, 6.45) is -0.224. The molecule has 0 aliphatic rings. The maximum absolute atomic E-state index is 9.99. The number of aliphatic carboxylic acids is 2. The van der Waals surface area contributed by atoms with Gasteiger partial charge in [0.05, 0.1) is 0 Å². The number of rotatable bonds is 4. The fraction of sp³-hybridized carbons (Fsp3) is 0.600. The second-order valence-corrected chi connectivity index (χ2v) is 1.88. The van der Waals surface area contributed by atoms with Crippen molar-refractivity contribution in [3.63, 3.8) is 0 Å². The van der Waals surface area contributed by atoms with Gasteiger partial charge in [-0.15, -0.1) is 0 Å². The topological polar surface area (TPSA) is 101 Å². The molecule has 0 heterocycles. The molecule has 0 rings (SSSR count). The molecule has 7 heteroatoms. The van der Waals surface area contributed by atoms with Crippen LogP contribution in [0.5, 0.6) is 0 Å². The number of nitrogens with two attached hydrogens (primary N) is 1. The van der Waals surface area contributed by atoms with E-state index in [1.807, 2.05) is 0 Å². The quantitative estimate of drug-likeness (QED) is 0.415. The van der Waals surface area contributed by atoms with Gasteiger partial charge in [-0.05, 0) is 6.42 Å². The van der Waals surface area contributed by atoms with Crippen molar-refractivity contribution in [2.24, 2.45) is 5.73 Å². The second-order valence-electron chi connectivity index (χ2n) is 1.88. The molecular weight excluding hydrogens is 216 g/mol. The summed E-state index contributed by atoms with van der Waals surface area (Å²) >= 11 is 0. The van der Waals surface area contributed by atoms with Crippen LogP contribution in [0.4, 0.5) is 0 Å². The molecular formula is C5H11K2NO4. The van der Waals surface area contributed by atoms with E-state index in [-0.39, 0.29) is 118 Å². The maximum Gasteiger partial charge on any atom is 1.00 e. The van der Waals surface area contributed by atoms with Gasteiger partial charge in [0.2, 0.25) is 0 Å². The summed E-state index contributed by atoms with van der Waals surface area (Å²) in [5, 5.41) is 16.3. The molecule has 0 saturated heterocycles. The third-order valence-electron chi connectivity index (χ3n) is 0.986. The molecule has 0 unspecified atom stereocenters. The van der Waals surface area contributed by atoms with Crippen molar-refractivity contribution in [1.29, 1.82) is 0 Å². The smallest absolute Gasteiger partial charge is 1.00 e. The van der Waals surface area contributed by atoms with Crippen LogP contribution in [0.2, 0.25) is 0 Å². The maximum atomic E-state index is 9.99. The Labute approximate surface area is 158 Å². The van der Waals surface area contributed by atoms with E-state index >= 15 is 0 Å². The van der Waals surface area contributed by atoms with Gasteiger partial charge in [0.1, 0.15) is 6.04 Å². The van der Waals surface area contributed by atoms with Crippen molar-refractivity contribution in [1.82, 2.24) is 0 Å². The van der Waals surface area contributed by atoms with E-state index in [0.717, 1.165) is 0 Å². The van der Waals surface area contributed by atoms with E-state index in [9.17, 15) is 9.59 Å². The first-order valence-electron chi connectivity index (χ1n) is 2.74. The van der Waals surface area contributed by atoms with Gasteiger partial charge >= 0.3 is 115 Å². The summed E-state index contributed by atoms with van der Waals surface area (Å²) in [7, 11) is 0. The van der Waals surface area contributed by atoms with Crippen molar-refractivity contribution in [3.8, 4) is 0 Å². The Morgan fingerprint density at radius 1 is 1.33 bits per heavy atom. The second kappa shape index (κ2) is 11.2. The third kappa shape index (κ3) is 12.2. The number of carbonyl (C=O) groups is 2. The molecule has 1 atom stereocenters. The summed E-state index contributed by atoms with van der Waals surface area (Å²) in [4.78, 5) is 19.9. The molecule has 5 nitrogen and oxygen atoms in total. The van der Waals surface area contributed by atoms with Crippen molar-refractivity contribution in [3.05, 3.63) is 0 Å². The van der Waals surface area contributed by atoms with E-state index in [0.29, 0.717) is 0 Å². The van der Waals surface area contributed by atoms with E-state index in [2.05, 4.69) is 0 Å². The van der Waals surface area contributed by atoms with Crippen LogP contribution in [0.1, 0.15) is 15.7 Å². The number of hydrogen-bond donors (Lipinski definition) is 3. The molecule has 62 valence electrons. The Hall–Kier alpha value is 2.17. The van der Waals surface area contributed by atoms with Crippen LogP contribution >= 0.6 is 0 Å². The first kappa shape index (κ1) is 19.7. The average molecular weight is 227 g/mol. The summed E-state index contributed by atoms with van der Waals surface area (Å²) in [6, 6.07) is -1.06. The van der Waals surface area contributed by atoms with Gasteiger partial charge < -0.3 is 18.8 Å². The van der Waals surface area contributed by atoms with Gasteiger partial charge in [-0.3, -0.25) is 9.59 Å². The Morgan fingerprint density at radius 2 is 1.75 bits per heavy atom. The molecule has 0 saturated carbocycles. The van der Waals surface area contributed by atoms with Crippen LogP contribution in [0.25, 0.3) is 0 Å². The number of carboxylic acid groups (broad SMARTS) is 2. The first-order valence-corrected chi connectivity index (χ1v) is 2.74.